The van der Waals surface area contributed by atoms with E-state index in [0.29, 0.717) is 18.1 Å². The van der Waals surface area contributed by atoms with Gasteiger partial charge in [-0.25, -0.2) is 8.42 Å². The standard InChI is InChI=1S/C25H24ClF3N2O4S/c1-17-8-11-22(35-2)23(14-17)36(33,34)31(13-12-18-6-4-3-5-7-18)16-24(32)30-21-15-19(25(27,28)29)9-10-20(21)26/h3-11,14-15H,12-13,16H2,1-2H3,(H,30,32). The summed E-state index contributed by atoms with van der Waals surface area (Å²) in [5, 5.41) is 2.19. The van der Waals surface area contributed by atoms with Crippen LogP contribution in [0.4, 0.5) is 18.9 Å². The van der Waals surface area contributed by atoms with Crippen LogP contribution in [-0.4, -0.2) is 38.8 Å². The first-order valence-corrected chi connectivity index (χ1v) is 12.6. The topological polar surface area (TPSA) is 75.7 Å². The number of nitrogens with zero attached hydrogens (tertiary/aromatic N) is 1. The number of ether oxygens (including phenoxy) is 1. The SMILES string of the molecule is COc1ccc(C)cc1S(=O)(=O)N(CCc1ccccc1)CC(=O)Nc1cc(C(F)(F)F)ccc1Cl. The minimum Gasteiger partial charge on any atom is -0.495 e. The lowest BCUT2D eigenvalue weighted by Crippen LogP contribution is -2.39. The molecule has 0 aliphatic rings. The quantitative estimate of drug-likeness (QED) is 0.386. The molecule has 0 aliphatic carbocycles. The Bertz CT molecular complexity index is 1330. The number of anilines is 1. The summed E-state index contributed by atoms with van der Waals surface area (Å²) in [5.74, 6) is -0.744. The monoisotopic (exact) mass is 540 g/mol. The van der Waals surface area contributed by atoms with Crippen molar-refractivity contribution >= 4 is 33.2 Å². The molecule has 3 rings (SSSR count). The van der Waals surface area contributed by atoms with Crippen molar-refractivity contribution in [3.8, 4) is 5.75 Å². The van der Waals surface area contributed by atoms with Crippen LogP contribution in [0, 0.1) is 6.92 Å². The number of carbonyl (C=O) groups is 1. The molecule has 0 unspecified atom stereocenters. The van der Waals surface area contributed by atoms with Crippen LogP contribution in [0.25, 0.3) is 0 Å². The van der Waals surface area contributed by atoms with Crippen molar-refractivity contribution in [2.24, 2.45) is 0 Å². The summed E-state index contributed by atoms with van der Waals surface area (Å²) in [6.45, 7) is 1.00. The van der Waals surface area contributed by atoms with Crippen molar-refractivity contribution in [2.75, 3.05) is 25.5 Å². The van der Waals surface area contributed by atoms with Gasteiger partial charge < -0.3 is 10.1 Å². The van der Waals surface area contributed by atoms with E-state index in [-0.39, 0.29) is 27.9 Å². The molecule has 6 nitrogen and oxygen atoms in total. The van der Waals surface area contributed by atoms with Crippen LogP contribution in [0.15, 0.2) is 71.6 Å². The Hall–Kier alpha value is -3.08. The predicted molar refractivity (Wildman–Crippen MR) is 132 cm³/mol. The minimum atomic E-state index is -4.64. The maximum Gasteiger partial charge on any atom is 0.416 e. The van der Waals surface area contributed by atoms with Gasteiger partial charge in [0.05, 0.1) is 29.9 Å². The second kappa shape index (κ2) is 11.3. The number of amides is 1. The second-order valence-corrected chi connectivity index (χ2v) is 10.3. The zero-order valence-corrected chi connectivity index (χ0v) is 21.0. The Labute approximate surface area is 212 Å². The number of alkyl halides is 3. The number of nitrogens with one attached hydrogen (secondary N) is 1. The average Bonchev–Trinajstić information content (AvgIpc) is 2.83. The van der Waals surface area contributed by atoms with Gasteiger partial charge in [-0.1, -0.05) is 48.0 Å². The van der Waals surface area contributed by atoms with E-state index in [1.165, 1.54) is 19.2 Å². The summed E-state index contributed by atoms with van der Waals surface area (Å²) in [6, 6.07) is 16.2. The molecule has 0 heterocycles. The predicted octanol–water partition coefficient (Wildman–Crippen LogP) is 5.55. The fourth-order valence-electron chi connectivity index (χ4n) is 3.45. The van der Waals surface area contributed by atoms with Gasteiger partial charge in [-0.3, -0.25) is 4.79 Å². The molecule has 0 radical (unpaired) electrons. The number of benzene rings is 3. The first-order chi connectivity index (χ1) is 16.9. The summed E-state index contributed by atoms with van der Waals surface area (Å²) >= 11 is 5.98. The molecule has 0 aliphatic heterocycles. The van der Waals surface area contributed by atoms with Gasteiger partial charge in [0.2, 0.25) is 15.9 Å². The molecule has 0 atom stereocenters. The Morgan fingerprint density at radius 1 is 1.06 bits per heavy atom. The van der Waals surface area contributed by atoms with E-state index >= 15 is 0 Å². The number of sulfonamides is 1. The van der Waals surface area contributed by atoms with Gasteiger partial charge in [0.15, 0.2) is 0 Å². The van der Waals surface area contributed by atoms with Crippen molar-refractivity contribution in [3.63, 3.8) is 0 Å². The first kappa shape index (κ1) is 27.5. The molecular weight excluding hydrogens is 517 g/mol. The third-order valence-corrected chi connectivity index (χ3v) is 7.51. The fraction of sp³-hybridized carbons (Fsp3) is 0.240. The number of methoxy groups -OCH3 is 1. The molecule has 3 aromatic carbocycles. The minimum absolute atomic E-state index is 0.0623. The van der Waals surface area contributed by atoms with Crippen LogP contribution in [0.3, 0.4) is 0 Å². The second-order valence-electron chi connectivity index (χ2n) is 7.97. The molecule has 0 aromatic heterocycles. The molecule has 0 bridgehead atoms. The fourth-order valence-corrected chi connectivity index (χ4v) is 5.26. The van der Waals surface area contributed by atoms with Crippen molar-refractivity contribution in [1.29, 1.82) is 0 Å². The normalized spacial score (nSPS) is 12.0. The molecule has 3 aromatic rings. The smallest absolute Gasteiger partial charge is 0.416 e. The lowest BCUT2D eigenvalue weighted by molar-refractivity contribution is -0.137. The van der Waals surface area contributed by atoms with Crippen LogP contribution in [-0.2, 0) is 27.4 Å². The van der Waals surface area contributed by atoms with Crippen molar-refractivity contribution in [2.45, 2.75) is 24.4 Å². The van der Waals surface area contributed by atoms with Gasteiger partial charge in [0, 0.05) is 6.54 Å². The van der Waals surface area contributed by atoms with Crippen LogP contribution >= 0.6 is 11.6 Å². The molecule has 0 spiro atoms. The number of rotatable bonds is 9. The van der Waals surface area contributed by atoms with Crippen LogP contribution in [0.2, 0.25) is 5.02 Å². The summed E-state index contributed by atoms with van der Waals surface area (Å²) in [7, 11) is -2.90. The molecule has 192 valence electrons. The highest BCUT2D eigenvalue weighted by atomic mass is 35.5. The first-order valence-electron chi connectivity index (χ1n) is 10.8. The number of carbonyl (C=O) groups excluding carboxylic acids is 1. The highest BCUT2D eigenvalue weighted by Gasteiger charge is 2.32. The largest absolute Gasteiger partial charge is 0.495 e. The van der Waals surface area contributed by atoms with Gasteiger partial charge in [-0.05, 0) is 54.8 Å². The maximum atomic E-state index is 13.6. The number of halogens is 4. The van der Waals surface area contributed by atoms with Crippen LogP contribution in [0.5, 0.6) is 5.75 Å². The Morgan fingerprint density at radius 3 is 2.39 bits per heavy atom. The number of aryl methyl sites for hydroxylation is 1. The van der Waals surface area contributed by atoms with Gasteiger partial charge in [-0.15, -0.1) is 0 Å². The highest BCUT2D eigenvalue weighted by Crippen LogP contribution is 2.34. The van der Waals surface area contributed by atoms with Gasteiger partial charge >= 0.3 is 6.18 Å². The van der Waals surface area contributed by atoms with E-state index in [4.69, 9.17) is 16.3 Å². The number of hydrogen-bond donors (Lipinski definition) is 1. The third-order valence-electron chi connectivity index (χ3n) is 5.32. The molecule has 0 fully saturated rings. The van der Waals surface area contributed by atoms with E-state index in [9.17, 15) is 26.4 Å². The van der Waals surface area contributed by atoms with Gasteiger partial charge in [0.25, 0.3) is 0 Å². The molecule has 1 N–H and O–H groups in total. The molecule has 36 heavy (non-hydrogen) atoms. The van der Waals surface area contributed by atoms with Crippen LogP contribution in [0.1, 0.15) is 16.7 Å². The molecule has 1 amide bonds. The van der Waals surface area contributed by atoms with Crippen molar-refractivity contribution < 1.29 is 31.1 Å². The van der Waals surface area contributed by atoms with E-state index in [0.717, 1.165) is 22.0 Å². The van der Waals surface area contributed by atoms with Crippen molar-refractivity contribution in [3.05, 3.63) is 88.4 Å². The van der Waals surface area contributed by atoms with Crippen LogP contribution < -0.4 is 10.1 Å². The molecular formula is C25H24ClF3N2O4S. The summed E-state index contributed by atoms with van der Waals surface area (Å²) < 4.78 is 72.7. The molecule has 0 saturated heterocycles. The van der Waals surface area contributed by atoms with E-state index in [2.05, 4.69) is 5.32 Å². The molecule has 0 saturated carbocycles. The van der Waals surface area contributed by atoms with Gasteiger partial charge in [0.1, 0.15) is 10.6 Å². The lowest BCUT2D eigenvalue weighted by atomic mass is 10.1. The Kier molecular flexibility index (Phi) is 8.65. The average molecular weight is 541 g/mol. The van der Waals surface area contributed by atoms with E-state index in [1.54, 1.807) is 25.1 Å². The summed E-state index contributed by atoms with van der Waals surface area (Å²) in [4.78, 5) is 12.7. The van der Waals surface area contributed by atoms with E-state index in [1.807, 2.05) is 18.2 Å². The number of hydrogen-bond acceptors (Lipinski definition) is 4. The van der Waals surface area contributed by atoms with Crippen molar-refractivity contribution in [1.82, 2.24) is 4.31 Å². The lowest BCUT2D eigenvalue weighted by Gasteiger charge is -2.23. The Balaban J connectivity index is 1.92. The summed E-state index contributed by atoms with van der Waals surface area (Å²) in [6.07, 6.45) is -4.34. The van der Waals surface area contributed by atoms with E-state index < -0.39 is 34.2 Å². The highest BCUT2D eigenvalue weighted by molar-refractivity contribution is 7.89. The molecule has 11 heteroatoms. The Morgan fingerprint density at radius 2 is 1.75 bits per heavy atom. The zero-order chi connectivity index (χ0) is 26.5. The zero-order valence-electron chi connectivity index (χ0n) is 19.5. The van der Waals surface area contributed by atoms with Gasteiger partial charge in [-0.2, -0.15) is 17.5 Å². The third kappa shape index (κ3) is 6.77. The maximum absolute atomic E-state index is 13.6. The summed E-state index contributed by atoms with van der Waals surface area (Å²) in [5.41, 5.74) is 0.234.